The van der Waals surface area contributed by atoms with E-state index < -0.39 is 21.7 Å². The van der Waals surface area contributed by atoms with Crippen molar-refractivity contribution in [3.8, 4) is 0 Å². The van der Waals surface area contributed by atoms with Gasteiger partial charge in [-0.05, 0) is 18.2 Å². The van der Waals surface area contributed by atoms with E-state index in [0.29, 0.717) is 6.07 Å². The number of hydrogen-bond acceptors (Lipinski definition) is 2. The van der Waals surface area contributed by atoms with Gasteiger partial charge in [0, 0.05) is 12.0 Å². The Morgan fingerprint density at radius 3 is 2.30 bits per heavy atom. The Kier molecular flexibility index (Phi) is 5.23. The molecule has 0 amide bonds. The molecule has 0 heterocycles. The van der Waals surface area contributed by atoms with Gasteiger partial charge >= 0.3 is 0 Å². The Morgan fingerprint density at radius 2 is 1.80 bits per heavy atom. The van der Waals surface area contributed by atoms with Gasteiger partial charge in [0.05, 0.1) is 25.5 Å². The van der Waals surface area contributed by atoms with Crippen LogP contribution in [0.25, 0.3) is 0 Å². The van der Waals surface area contributed by atoms with Crippen molar-refractivity contribution in [2.75, 3.05) is 27.2 Å². The minimum Gasteiger partial charge on any atom is -0.339 e. The maximum absolute atomic E-state index is 13.1. The largest absolute Gasteiger partial charge is 0.339 e. The highest BCUT2D eigenvalue weighted by Gasteiger charge is 2.25. The molecule has 0 aromatic heterocycles. The molecular weight excluding hydrogens is 286 g/mol. The first kappa shape index (κ1) is 17.0. The lowest BCUT2D eigenvalue weighted by atomic mass is 9.93. The molecule has 20 heavy (non-hydrogen) atoms. The fraction of sp³-hybridized carbons (Fsp3) is 0.538. The van der Waals surface area contributed by atoms with Gasteiger partial charge in [0.2, 0.25) is 10.0 Å². The quantitative estimate of drug-likeness (QED) is 0.800. The third-order valence-electron chi connectivity index (χ3n) is 2.77. The molecule has 0 saturated heterocycles. The van der Waals surface area contributed by atoms with Crippen LogP contribution in [0.1, 0.15) is 13.8 Å². The monoisotopic (exact) mass is 307 g/mol. The third kappa shape index (κ3) is 4.81. The molecule has 0 unspecified atom stereocenters. The molecule has 0 fully saturated rings. The predicted octanol–water partition coefficient (Wildman–Crippen LogP) is 0.414. The molecule has 1 aromatic carbocycles. The van der Waals surface area contributed by atoms with Crippen LogP contribution in [-0.4, -0.2) is 35.6 Å². The molecule has 7 heteroatoms. The van der Waals surface area contributed by atoms with Gasteiger partial charge in [-0.25, -0.2) is 21.9 Å². The Hall–Kier alpha value is -1.05. The number of hydrogen-bond donors (Lipinski definition) is 2. The maximum atomic E-state index is 13.1. The Labute approximate surface area is 118 Å². The molecule has 0 saturated carbocycles. The molecule has 2 N–H and O–H groups in total. The SMILES string of the molecule is C[NH+](C)CC(C)(C)CNS(=O)(=O)c1ccc(F)c(F)c1. The number of sulfonamides is 1. The summed E-state index contributed by atoms with van der Waals surface area (Å²) in [5, 5.41) is 0. The van der Waals surface area contributed by atoms with Crippen molar-refractivity contribution < 1.29 is 22.1 Å². The van der Waals surface area contributed by atoms with E-state index in [0.717, 1.165) is 18.7 Å². The normalized spacial score (nSPS) is 12.9. The Bertz CT molecular complexity index is 572. The Balaban J connectivity index is 2.82. The number of halogens is 2. The highest BCUT2D eigenvalue weighted by Crippen LogP contribution is 2.16. The summed E-state index contributed by atoms with van der Waals surface area (Å²) in [6.45, 7) is 4.87. The lowest BCUT2D eigenvalue weighted by Crippen LogP contribution is -3.07. The first-order valence-corrected chi connectivity index (χ1v) is 7.75. The molecule has 1 aromatic rings. The fourth-order valence-electron chi connectivity index (χ4n) is 2.04. The number of quaternary nitrogens is 1. The summed E-state index contributed by atoms with van der Waals surface area (Å²) >= 11 is 0. The minimum absolute atomic E-state index is 0.222. The van der Waals surface area contributed by atoms with Crippen molar-refractivity contribution in [1.29, 1.82) is 0 Å². The van der Waals surface area contributed by atoms with Crippen LogP contribution in [0.4, 0.5) is 8.78 Å². The van der Waals surface area contributed by atoms with Crippen molar-refractivity contribution in [2.45, 2.75) is 18.7 Å². The molecule has 1 rings (SSSR count). The van der Waals surface area contributed by atoms with E-state index in [1.165, 1.54) is 4.90 Å². The van der Waals surface area contributed by atoms with Gasteiger partial charge in [-0.2, -0.15) is 0 Å². The summed E-state index contributed by atoms with van der Waals surface area (Å²) in [4.78, 5) is 0.923. The second-order valence-electron chi connectivity index (χ2n) is 5.95. The van der Waals surface area contributed by atoms with Crippen molar-refractivity contribution in [2.24, 2.45) is 5.41 Å². The molecule has 0 spiro atoms. The number of benzene rings is 1. The third-order valence-corrected chi connectivity index (χ3v) is 4.17. The van der Waals surface area contributed by atoms with Crippen molar-refractivity contribution >= 4 is 10.0 Å². The first-order valence-electron chi connectivity index (χ1n) is 6.27. The summed E-state index contributed by atoms with van der Waals surface area (Å²) in [5.41, 5.74) is -0.246. The molecule has 114 valence electrons. The molecule has 0 aliphatic rings. The van der Waals surface area contributed by atoms with Crippen molar-refractivity contribution in [3.63, 3.8) is 0 Å². The van der Waals surface area contributed by atoms with Crippen LogP contribution in [-0.2, 0) is 10.0 Å². The Morgan fingerprint density at radius 1 is 1.20 bits per heavy atom. The number of nitrogens with one attached hydrogen (secondary N) is 2. The van der Waals surface area contributed by atoms with Gasteiger partial charge in [0.15, 0.2) is 11.6 Å². The lowest BCUT2D eigenvalue weighted by Gasteiger charge is -2.26. The molecule has 0 bridgehead atoms. The maximum Gasteiger partial charge on any atom is 0.240 e. The zero-order valence-electron chi connectivity index (χ0n) is 12.1. The van der Waals surface area contributed by atoms with Crippen LogP contribution >= 0.6 is 0 Å². The van der Waals surface area contributed by atoms with Crippen LogP contribution in [0.5, 0.6) is 0 Å². The summed E-state index contributed by atoms with van der Waals surface area (Å²) < 4.78 is 52.4. The van der Waals surface area contributed by atoms with Gasteiger partial charge in [0.1, 0.15) is 0 Å². The molecule has 0 atom stereocenters. The summed E-state index contributed by atoms with van der Waals surface area (Å²) in [6.07, 6.45) is 0. The zero-order valence-corrected chi connectivity index (χ0v) is 12.9. The summed E-state index contributed by atoms with van der Waals surface area (Å²) in [7, 11) is 0.121. The first-order chi connectivity index (χ1) is 9.03. The number of rotatable bonds is 6. The van der Waals surface area contributed by atoms with Crippen LogP contribution in [0.2, 0.25) is 0 Å². The van der Waals surface area contributed by atoms with E-state index >= 15 is 0 Å². The van der Waals surface area contributed by atoms with Gasteiger partial charge in [-0.1, -0.05) is 13.8 Å². The van der Waals surface area contributed by atoms with Gasteiger partial charge < -0.3 is 4.90 Å². The molecule has 0 aliphatic carbocycles. The standard InChI is InChI=1S/C13H20F2N2O2S/c1-13(2,9-17(3)4)8-16-20(18,19)10-5-6-11(14)12(15)7-10/h5-7,16H,8-9H2,1-4H3/p+1. The van der Waals surface area contributed by atoms with E-state index in [4.69, 9.17) is 0 Å². The smallest absolute Gasteiger partial charge is 0.240 e. The second kappa shape index (κ2) is 6.15. The second-order valence-corrected chi connectivity index (χ2v) is 7.72. The average Bonchev–Trinajstić information content (AvgIpc) is 2.29. The lowest BCUT2D eigenvalue weighted by molar-refractivity contribution is -0.865. The van der Waals surface area contributed by atoms with E-state index in [2.05, 4.69) is 4.72 Å². The van der Waals surface area contributed by atoms with Crippen LogP contribution in [0, 0.1) is 17.0 Å². The molecule has 0 radical (unpaired) electrons. The van der Waals surface area contributed by atoms with Crippen molar-refractivity contribution in [1.82, 2.24) is 4.72 Å². The fourth-order valence-corrected chi connectivity index (χ4v) is 3.29. The minimum atomic E-state index is -3.83. The summed E-state index contributed by atoms with van der Waals surface area (Å²) in [6, 6.07) is 2.53. The van der Waals surface area contributed by atoms with E-state index in [1.54, 1.807) is 0 Å². The molecule has 4 nitrogen and oxygen atoms in total. The van der Waals surface area contributed by atoms with Crippen LogP contribution in [0.15, 0.2) is 23.1 Å². The van der Waals surface area contributed by atoms with Crippen molar-refractivity contribution in [3.05, 3.63) is 29.8 Å². The van der Waals surface area contributed by atoms with Gasteiger partial charge in [0.25, 0.3) is 0 Å². The molecular formula is C13H21F2N2O2S+. The van der Waals surface area contributed by atoms with Crippen LogP contribution in [0.3, 0.4) is 0 Å². The van der Waals surface area contributed by atoms with E-state index in [1.807, 2.05) is 27.9 Å². The summed E-state index contributed by atoms with van der Waals surface area (Å²) in [5.74, 6) is -2.25. The average molecular weight is 307 g/mol. The van der Waals surface area contributed by atoms with E-state index in [9.17, 15) is 17.2 Å². The topological polar surface area (TPSA) is 50.6 Å². The predicted molar refractivity (Wildman–Crippen MR) is 73.0 cm³/mol. The highest BCUT2D eigenvalue weighted by molar-refractivity contribution is 7.89. The highest BCUT2D eigenvalue weighted by atomic mass is 32.2. The van der Waals surface area contributed by atoms with Crippen LogP contribution < -0.4 is 9.62 Å². The van der Waals surface area contributed by atoms with Gasteiger partial charge in [-0.15, -0.1) is 0 Å². The molecule has 0 aliphatic heterocycles. The zero-order chi connectivity index (χ0) is 15.6. The van der Waals surface area contributed by atoms with Gasteiger partial charge in [-0.3, -0.25) is 0 Å². The van der Waals surface area contributed by atoms with E-state index in [-0.39, 0.29) is 16.9 Å².